The fourth-order valence-corrected chi connectivity index (χ4v) is 3.35. The van der Waals surface area contributed by atoms with Crippen LogP contribution in [-0.4, -0.2) is 35.7 Å². The maximum absolute atomic E-state index is 9.22. The summed E-state index contributed by atoms with van der Waals surface area (Å²) in [6.45, 7) is 13.1. The Hall–Kier alpha value is -1.14. The van der Waals surface area contributed by atoms with E-state index < -0.39 is 0 Å². The fourth-order valence-electron chi connectivity index (χ4n) is 2.49. The van der Waals surface area contributed by atoms with Gasteiger partial charge in [0.25, 0.3) is 0 Å². The summed E-state index contributed by atoms with van der Waals surface area (Å²) in [7, 11) is 0. The van der Waals surface area contributed by atoms with E-state index in [2.05, 4.69) is 48.3 Å². The van der Waals surface area contributed by atoms with Crippen molar-refractivity contribution in [2.75, 3.05) is 19.7 Å². The van der Waals surface area contributed by atoms with Crippen LogP contribution >= 0.6 is 11.3 Å². The van der Waals surface area contributed by atoms with Crippen LogP contribution in [0.25, 0.3) is 0 Å². The summed E-state index contributed by atoms with van der Waals surface area (Å²) < 4.78 is 0. The van der Waals surface area contributed by atoms with Crippen LogP contribution in [0.4, 0.5) is 0 Å². The average molecular weight is 341 g/mol. The summed E-state index contributed by atoms with van der Waals surface area (Å²) in [5.41, 5.74) is 1.10. The van der Waals surface area contributed by atoms with Crippen molar-refractivity contribution in [2.45, 2.75) is 54.0 Å². The first-order valence-electron chi connectivity index (χ1n) is 8.52. The number of aromatic nitrogens is 1. The number of nitrogens with one attached hydrogen (secondary N) is 2. The highest BCUT2D eigenvalue weighted by Crippen LogP contribution is 2.17. The van der Waals surface area contributed by atoms with Crippen molar-refractivity contribution in [2.24, 2.45) is 16.8 Å². The van der Waals surface area contributed by atoms with Crippen LogP contribution in [0, 0.1) is 25.7 Å². The minimum Gasteiger partial charge on any atom is -0.396 e. The van der Waals surface area contributed by atoms with Gasteiger partial charge in [-0.2, -0.15) is 0 Å². The van der Waals surface area contributed by atoms with Crippen molar-refractivity contribution < 1.29 is 5.11 Å². The second kappa shape index (κ2) is 10.6. The van der Waals surface area contributed by atoms with Gasteiger partial charge in [-0.3, -0.25) is 0 Å². The molecule has 6 heteroatoms. The zero-order valence-electron chi connectivity index (χ0n) is 15.1. The molecule has 1 aromatic rings. The molecule has 1 unspecified atom stereocenters. The van der Waals surface area contributed by atoms with Crippen LogP contribution < -0.4 is 10.6 Å². The quantitative estimate of drug-likeness (QED) is 0.477. The molecule has 23 heavy (non-hydrogen) atoms. The molecule has 0 aliphatic rings. The number of nitrogens with zero attached hydrogens (tertiary/aromatic N) is 2. The van der Waals surface area contributed by atoms with Crippen LogP contribution in [0.2, 0.25) is 0 Å². The van der Waals surface area contributed by atoms with Gasteiger partial charge < -0.3 is 15.7 Å². The predicted octanol–water partition coefficient (Wildman–Crippen LogP) is 2.86. The largest absolute Gasteiger partial charge is 0.396 e. The second-order valence-corrected chi connectivity index (χ2v) is 7.62. The first kappa shape index (κ1) is 19.9. The van der Waals surface area contributed by atoms with E-state index >= 15 is 0 Å². The molecule has 0 aliphatic carbocycles. The first-order chi connectivity index (χ1) is 11.0. The van der Waals surface area contributed by atoms with Crippen LogP contribution in [0.5, 0.6) is 0 Å². The molecule has 0 saturated carbocycles. The van der Waals surface area contributed by atoms with Crippen LogP contribution in [0.3, 0.4) is 0 Å². The molecular formula is C17H32N4OS. The highest BCUT2D eigenvalue weighted by Gasteiger charge is 2.11. The highest BCUT2D eigenvalue weighted by molar-refractivity contribution is 7.11. The van der Waals surface area contributed by atoms with E-state index in [4.69, 9.17) is 0 Å². The Kier molecular flexibility index (Phi) is 9.17. The van der Waals surface area contributed by atoms with Crippen LogP contribution in [0.1, 0.15) is 49.2 Å². The van der Waals surface area contributed by atoms with Gasteiger partial charge in [-0.1, -0.05) is 13.8 Å². The molecule has 0 amide bonds. The third-order valence-corrected chi connectivity index (χ3v) is 4.75. The van der Waals surface area contributed by atoms with Crippen LogP contribution in [-0.2, 0) is 6.54 Å². The summed E-state index contributed by atoms with van der Waals surface area (Å²) in [6, 6.07) is 0. The molecule has 0 aliphatic heterocycles. The Labute approximate surface area is 144 Å². The number of guanidine groups is 1. The third kappa shape index (κ3) is 7.79. The summed E-state index contributed by atoms with van der Waals surface area (Å²) in [4.78, 5) is 10.4. The monoisotopic (exact) mass is 340 g/mol. The van der Waals surface area contributed by atoms with E-state index in [1.165, 1.54) is 4.88 Å². The molecular weight excluding hydrogens is 308 g/mol. The zero-order valence-corrected chi connectivity index (χ0v) is 16.0. The lowest BCUT2D eigenvalue weighted by Gasteiger charge is -2.20. The molecule has 1 rings (SSSR count). The van der Waals surface area contributed by atoms with E-state index in [1.807, 2.05) is 6.92 Å². The number of aliphatic hydroxyl groups excluding tert-OH is 1. The van der Waals surface area contributed by atoms with E-state index in [9.17, 15) is 5.11 Å². The lowest BCUT2D eigenvalue weighted by molar-refractivity contribution is 0.243. The summed E-state index contributed by atoms with van der Waals surface area (Å²) in [5.74, 6) is 1.92. The molecule has 0 fully saturated rings. The van der Waals surface area contributed by atoms with E-state index in [-0.39, 0.29) is 6.61 Å². The molecule has 0 saturated heterocycles. The Morgan fingerprint density at radius 2 is 2.04 bits per heavy atom. The van der Waals surface area contributed by atoms with Crippen LogP contribution in [0.15, 0.2) is 4.99 Å². The van der Waals surface area contributed by atoms with Crippen molar-refractivity contribution >= 4 is 17.3 Å². The first-order valence-corrected chi connectivity index (χ1v) is 9.33. The average Bonchev–Trinajstić information content (AvgIpc) is 2.80. The molecule has 1 aromatic heterocycles. The molecule has 0 aromatic carbocycles. The topological polar surface area (TPSA) is 69.5 Å². The number of hydrogen-bond donors (Lipinski definition) is 3. The Morgan fingerprint density at radius 1 is 1.30 bits per heavy atom. The fraction of sp³-hybridized carbons (Fsp3) is 0.765. The zero-order chi connectivity index (χ0) is 17.2. The smallest absolute Gasteiger partial charge is 0.191 e. The minimum atomic E-state index is 0.240. The standard InChI is InChI=1S/C17H32N4OS/c1-6-18-17(19-10-15(7-8-22)9-12(2)3)20-11-16-21-13(4)14(5)23-16/h12,15,22H,6-11H2,1-5H3,(H2,18,19,20). The normalized spacial score (nSPS) is 13.4. The Bertz CT molecular complexity index is 465. The molecule has 132 valence electrons. The summed E-state index contributed by atoms with van der Waals surface area (Å²) >= 11 is 1.71. The summed E-state index contributed by atoms with van der Waals surface area (Å²) in [5, 5.41) is 17.0. The van der Waals surface area contributed by atoms with Crippen molar-refractivity contribution in [3.63, 3.8) is 0 Å². The SMILES string of the molecule is CCNC(=NCc1nc(C)c(C)s1)NCC(CCO)CC(C)C. The maximum Gasteiger partial charge on any atom is 0.191 e. The number of hydrogen-bond acceptors (Lipinski definition) is 4. The van der Waals surface area contributed by atoms with Crippen molar-refractivity contribution in [1.29, 1.82) is 0 Å². The number of thiazole rings is 1. The van der Waals surface area contributed by atoms with Gasteiger partial charge in [0.05, 0.1) is 12.2 Å². The number of rotatable bonds is 9. The lowest BCUT2D eigenvalue weighted by atomic mass is 9.94. The predicted molar refractivity (Wildman–Crippen MR) is 99.1 cm³/mol. The van der Waals surface area contributed by atoms with Gasteiger partial charge in [0.15, 0.2) is 5.96 Å². The molecule has 0 radical (unpaired) electrons. The van der Waals surface area contributed by atoms with Crippen molar-refractivity contribution in [3.05, 3.63) is 15.6 Å². The summed E-state index contributed by atoms with van der Waals surface area (Å²) in [6.07, 6.45) is 1.94. The number of aliphatic hydroxyl groups is 1. The maximum atomic E-state index is 9.22. The van der Waals surface area contributed by atoms with Crippen molar-refractivity contribution in [1.82, 2.24) is 15.6 Å². The third-order valence-electron chi connectivity index (χ3n) is 3.69. The van der Waals surface area contributed by atoms with E-state index in [1.54, 1.807) is 11.3 Å². The molecule has 1 heterocycles. The van der Waals surface area contributed by atoms with E-state index in [0.717, 1.165) is 42.6 Å². The van der Waals surface area contributed by atoms with Crippen molar-refractivity contribution in [3.8, 4) is 0 Å². The Morgan fingerprint density at radius 3 is 2.57 bits per heavy atom. The lowest BCUT2D eigenvalue weighted by Crippen LogP contribution is -2.40. The molecule has 3 N–H and O–H groups in total. The van der Waals surface area contributed by atoms with Gasteiger partial charge in [-0.15, -0.1) is 11.3 Å². The van der Waals surface area contributed by atoms with Gasteiger partial charge in [0.1, 0.15) is 5.01 Å². The Balaban J connectivity index is 2.60. The number of aryl methyl sites for hydroxylation is 2. The second-order valence-electron chi connectivity index (χ2n) is 6.33. The van der Waals surface area contributed by atoms with Gasteiger partial charge >= 0.3 is 0 Å². The molecule has 1 atom stereocenters. The van der Waals surface area contributed by atoms with Gasteiger partial charge in [0.2, 0.25) is 0 Å². The van der Waals surface area contributed by atoms with Gasteiger partial charge in [-0.05, 0) is 45.4 Å². The molecule has 5 nitrogen and oxygen atoms in total. The van der Waals surface area contributed by atoms with Gasteiger partial charge in [0, 0.05) is 24.6 Å². The minimum absolute atomic E-state index is 0.240. The molecule has 0 bridgehead atoms. The van der Waals surface area contributed by atoms with E-state index in [0.29, 0.717) is 18.4 Å². The van der Waals surface area contributed by atoms with Gasteiger partial charge in [-0.25, -0.2) is 9.98 Å². The number of aliphatic imine (C=N–C) groups is 1. The highest BCUT2D eigenvalue weighted by atomic mass is 32.1. The molecule has 0 spiro atoms.